The van der Waals surface area contributed by atoms with E-state index in [2.05, 4.69) is 102 Å². The number of benzene rings is 5. The van der Waals surface area contributed by atoms with Crippen LogP contribution in [0.2, 0.25) is 0 Å². The van der Waals surface area contributed by atoms with Gasteiger partial charge in [-0.25, -0.2) is 0 Å². The molecular weight excluding hydrogens is 478 g/mol. The lowest BCUT2D eigenvalue weighted by atomic mass is 9.99. The topological polar surface area (TPSA) is 56.1 Å². The van der Waals surface area contributed by atoms with Crippen LogP contribution < -0.4 is 11.1 Å². The zero-order valence-electron chi connectivity index (χ0n) is 22.0. The van der Waals surface area contributed by atoms with E-state index in [4.69, 9.17) is 10.2 Å². The standard InChI is InChI=1S/C35H31N3O/c1-2-11-28(37-35(36)23-12-4-3-5-13-23)24-20-21-26-25-14-6-8-16-29(25)38(31(26)22-24)30-17-10-19-33-34(30)27-15-7-9-18-32(27)39-33/h3-10,12-22,28,35,37H,2,11,36H2,1H3. The molecule has 0 spiro atoms. The minimum Gasteiger partial charge on any atom is -0.456 e. The Balaban J connectivity index is 1.44. The van der Waals surface area contributed by atoms with E-state index < -0.39 is 0 Å². The molecule has 0 saturated carbocycles. The third-order valence-electron chi connectivity index (χ3n) is 7.84. The largest absolute Gasteiger partial charge is 0.456 e. The molecule has 0 aliphatic heterocycles. The van der Waals surface area contributed by atoms with Crippen molar-refractivity contribution in [2.45, 2.75) is 32.0 Å². The Labute approximate surface area is 227 Å². The highest BCUT2D eigenvalue weighted by Crippen LogP contribution is 2.39. The van der Waals surface area contributed by atoms with Crippen LogP contribution in [0.25, 0.3) is 49.4 Å². The monoisotopic (exact) mass is 509 g/mol. The first-order valence-electron chi connectivity index (χ1n) is 13.7. The Kier molecular flexibility index (Phi) is 5.92. The summed E-state index contributed by atoms with van der Waals surface area (Å²) in [6.45, 7) is 2.23. The fourth-order valence-corrected chi connectivity index (χ4v) is 6.01. The first-order chi connectivity index (χ1) is 19.2. The highest BCUT2D eigenvalue weighted by molar-refractivity contribution is 6.14. The van der Waals surface area contributed by atoms with Gasteiger partial charge in [0.1, 0.15) is 11.2 Å². The Hall–Kier alpha value is -4.38. The average molecular weight is 510 g/mol. The second-order valence-electron chi connectivity index (χ2n) is 10.3. The van der Waals surface area contributed by atoms with E-state index in [1.165, 1.54) is 27.4 Å². The molecule has 39 heavy (non-hydrogen) atoms. The predicted molar refractivity (Wildman–Crippen MR) is 162 cm³/mol. The zero-order valence-corrected chi connectivity index (χ0v) is 22.0. The summed E-state index contributed by atoms with van der Waals surface area (Å²) < 4.78 is 8.66. The van der Waals surface area contributed by atoms with Gasteiger partial charge in [0.05, 0.1) is 28.3 Å². The Bertz CT molecular complexity index is 1930. The third kappa shape index (κ3) is 4.00. The van der Waals surface area contributed by atoms with Gasteiger partial charge < -0.3 is 14.7 Å². The van der Waals surface area contributed by atoms with Gasteiger partial charge in [0, 0.05) is 22.2 Å². The average Bonchev–Trinajstić information content (AvgIpc) is 3.53. The van der Waals surface area contributed by atoms with Crippen LogP contribution in [0.1, 0.15) is 43.1 Å². The van der Waals surface area contributed by atoms with Crippen LogP contribution in [0.4, 0.5) is 0 Å². The number of rotatable bonds is 7. The summed E-state index contributed by atoms with van der Waals surface area (Å²) in [6, 6.07) is 40.6. The molecule has 0 aliphatic carbocycles. The Morgan fingerprint density at radius 3 is 2.26 bits per heavy atom. The fourth-order valence-electron chi connectivity index (χ4n) is 6.01. The third-order valence-corrected chi connectivity index (χ3v) is 7.84. The van der Waals surface area contributed by atoms with Gasteiger partial charge >= 0.3 is 0 Å². The number of para-hydroxylation sites is 2. The van der Waals surface area contributed by atoms with Gasteiger partial charge in [-0.1, -0.05) is 98.3 Å². The maximum atomic E-state index is 6.63. The van der Waals surface area contributed by atoms with E-state index >= 15 is 0 Å². The lowest BCUT2D eigenvalue weighted by molar-refractivity contribution is 0.428. The van der Waals surface area contributed by atoms with Crippen LogP contribution in [0, 0.1) is 0 Å². The molecule has 2 unspecified atom stereocenters. The van der Waals surface area contributed by atoms with Gasteiger partial charge in [0.25, 0.3) is 0 Å². The van der Waals surface area contributed by atoms with Crippen molar-refractivity contribution < 1.29 is 4.42 Å². The van der Waals surface area contributed by atoms with Crippen LogP contribution in [-0.2, 0) is 0 Å². The fraction of sp³-hybridized carbons (Fsp3) is 0.143. The summed E-state index contributed by atoms with van der Waals surface area (Å²) >= 11 is 0. The van der Waals surface area contributed by atoms with E-state index in [0.29, 0.717) is 0 Å². The summed E-state index contributed by atoms with van der Waals surface area (Å²) in [6.07, 6.45) is 1.81. The van der Waals surface area contributed by atoms with Gasteiger partial charge in [-0.15, -0.1) is 0 Å². The molecule has 0 amide bonds. The molecule has 2 atom stereocenters. The van der Waals surface area contributed by atoms with Crippen molar-refractivity contribution in [3.05, 3.63) is 126 Å². The molecule has 0 bridgehead atoms. The number of hydrogen-bond acceptors (Lipinski definition) is 3. The minimum atomic E-state index is -0.240. The second-order valence-corrected chi connectivity index (χ2v) is 10.3. The van der Waals surface area contributed by atoms with Crippen LogP contribution in [0.3, 0.4) is 0 Å². The van der Waals surface area contributed by atoms with Crippen molar-refractivity contribution in [1.29, 1.82) is 0 Å². The highest BCUT2D eigenvalue weighted by atomic mass is 16.3. The molecule has 0 saturated heterocycles. The van der Waals surface area contributed by atoms with Crippen LogP contribution in [0.5, 0.6) is 0 Å². The molecule has 7 aromatic rings. The molecule has 2 aromatic heterocycles. The van der Waals surface area contributed by atoms with E-state index in [9.17, 15) is 0 Å². The molecular formula is C35H31N3O. The van der Waals surface area contributed by atoms with Crippen LogP contribution in [-0.4, -0.2) is 4.57 Å². The normalized spacial score (nSPS) is 13.5. The van der Waals surface area contributed by atoms with E-state index in [1.807, 2.05) is 30.3 Å². The number of aromatic nitrogens is 1. The number of furan rings is 1. The molecule has 4 heteroatoms. The molecule has 0 aliphatic rings. The van der Waals surface area contributed by atoms with E-state index in [1.54, 1.807) is 0 Å². The van der Waals surface area contributed by atoms with Crippen molar-refractivity contribution >= 4 is 43.7 Å². The molecule has 4 nitrogen and oxygen atoms in total. The summed E-state index contributed by atoms with van der Waals surface area (Å²) in [4.78, 5) is 0. The molecule has 192 valence electrons. The molecule has 2 heterocycles. The van der Waals surface area contributed by atoms with Gasteiger partial charge in [-0.05, 0) is 47.9 Å². The Morgan fingerprint density at radius 1 is 0.692 bits per heavy atom. The summed E-state index contributed by atoms with van der Waals surface area (Å²) in [5, 5.41) is 8.45. The maximum Gasteiger partial charge on any atom is 0.137 e. The van der Waals surface area contributed by atoms with Gasteiger partial charge in [0.15, 0.2) is 0 Å². The smallest absolute Gasteiger partial charge is 0.137 e. The van der Waals surface area contributed by atoms with Crippen molar-refractivity contribution in [2.75, 3.05) is 0 Å². The van der Waals surface area contributed by atoms with Crippen molar-refractivity contribution in [3.63, 3.8) is 0 Å². The summed E-state index contributed by atoms with van der Waals surface area (Å²) in [5.74, 6) is 0. The number of fused-ring (bicyclic) bond motifs is 6. The Morgan fingerprint density at radius 2 is 1.41 bits per heavy atom. The first-order valence-corrected chi connectivity index (χ1v) is 13.7. The highest BCUT2D eigenvalue weighted by Gasteiger charge is 2.20. The second kappa shape index (κ2) is 9.73. The maximum absolute atomic E-state index is 6.63. The quantitative estimate of drug-likeness (QED) is 0.211. The van der Waals surface area contributed by atoms with Crippen molar-refractivity contribution in [3.8, 4) is 5.69 Å². The SMILES string of the molecule is CCCC(NC(N)c1ccccc1)c1ccc2c3ccccc3n(-c3cccc4oc5ccccc5c34)c2c1. The molecule has 3 N–H and O–H groups in total. The summed E-state index contributed by atoms with van der Waals surface area (Å²) in [7, 11) is 0. The minimum absolute atomic E-state index is 0.131. The predicted octanol–water partition coefficient (Wildman–Crippen LogP) is 8.77. The molecule has 0 fully saturated rings. The number of nitrogens with one attached hydrogen (secondary N) is 1. The first kappa shape index (κ1) is 23.7. The van der Waals surface area contributed by atoms with Gasteiger partial charge in [-0.2, -0.15) is 0 Å². The van der Waals surface area contributed by atoms with Gasteiger partial charge in [-0.3, -0.25) is 5.32 Å². The molecule has 0 radical (unpaired) electrons. The van der Waals surface area contributed by atoms with E-state index in [0.717, 1.165) is 46.0 Å². The van der Waals surface area contributed by atoms with Crippen molar-refractivity contribution in [1.82, 2.24) is 9.88 Å². The molecule has 7 rings (SSSR count). The van der Waals surface area contributed by atoms with E-state index in [-0.39, 0.29) is 12.2 Å². The lowest BCUT2D eigenvalue weighted by Gasteiger charge is -2.24. The van der Waals surface area contributed by atoms with Crippen molar-refractivity contribution in [2.24, 2.45) is 5.73 Å². The molecule has 5 aromatic carbocycles. The van der Waals surface area contributed by atoms with Crippen LogP contribution in [0.15, 0.2) is 120 Å². The zero-order chi connectivity index (χ0) is 26.3. The number of nitrogens with zero attached hydrogens (tertiary/aromatic N) is 1. The van der Waals surface area contributed by atoms with Gasteiger partial charge in [0.2, 0.25) is 0 Å². The lowest BCUT2D eigenvalue weighted by Crippen LogP contribution is -2.32. The van der Waals surface area contributed by atoms with Crippen LogP contribution >= 0.6 is 0 Å². The number of nitrogens with two attached hydrogens (primary N) is 1. The summed E-state index contributed by atoms with van der Waals surface area (Å²) in [5.41, 5.74) is 14.3. The number of hydrogen-bond donors (Lipinski definition) is 2.